The van der Waals surface area contributed by atoms with E-state index in [4.69, 9.17) is 0 Å². The summed E-state index contributed by atoms with van der Waals surface area (Å²) in [6.45, 7) is 4.26. The lowest BCUT2D eigenvalue weighted by molar-refractivity contribution is 0.760. The Morgan fingerprint density at radius 2 is 1.55 bits per heavy atom. The van der Waals surface area contributed by atoms with Crippen LogP contribution in [-0.4, -0.2) is 0 Å². The Morgan fingerprint density at radius 3 is 2.09 bits per heavy atom. The summed E-state index contributed by atoms with van der Waals surface area (Å²) < 4.78 is 0. The van der Waals surface area contributed by atoms with Crippen LogP contribution in [-0.2, 0) is 0 Å². The van der Waals surface area contributed by atoms with Crippen molar-refractivity contribution in [2.24, 2.45) is 0 Å². The lowest BCUT2D eigenvalue weighted by Crippen LogP contribution is -1.71. The van der Waals surface area contributed by atoms with Crippen LogP contribution in [0.3, 0.4) is 0 Å². The molecule has 0 N–H and O–H groups in total. The van der Waals surface area contributed by atoms with E-state index in [0.29, 0.717) is 0 Å². The Kier molecular flexibility index (Phi) is 9.03. The van der Waals surface area contributed by atoms with Crippen molar-refractivity contribution < 1.29 is 0 Å². The first kappa shape index (κ1) is 10.5. The van der Waals surface area contributed by atoms with Gasteiger partial charge in [-0.15, -0.1) is 0 Å². The normalized spacial score (nSPS) is 11.8. The van der Waals surface area contributed by atoms with Crippen LogP contribution in [0.15, 0.2) is 24.3 Å². The maximum atomic E-state index is 2.29. The summed E-state index contributed by atoms with van der Waals surface area (Å²) in [6.07, 6.45) is 15.2. The minimum atomic E-state index is 1.18. The molecule has 0 amide bonds. The second-order valence-electron chi connectivity index (χ2n) is 2.73. The number of hydrogen-bond acceptors (Lipinski definition) is 0. The van der Waals surface area contributed by atoms with Crippen molar-refractivity contribution in [2.45, 2.75) is 46.0 Å². The zero-order chi connectivity index (χ0) is 8.36. The first-order valence-corrected chi connectivity index (χ1v) is 4.68. The van der Waals surface area contributed by atoms with Crippen molar-refractivity contribution in [1.29, 1.82) is 0 Å². The zero-order valence-corrected chi connectivity index (χ0v) is 7.84. The van der Waals surface area contributed by atoms with E-state index in [0.717, 1.165) is 0 Å². The van der Waals surface area contributed by atoms with E-state index >= 15 is 0 Å². The number of hydrogen-bond donors (Lipinski definition) is 0. The van der Waals surface area contributed by atoms with Gasteiger partial charge in [-0.1, -0.05) is 31.2 Å². The summed E-state index contributed by atoms with van der Waals surface area (Å²) in [5.74, 6) is 0. The average Bonchev–Trinajstić information content (AvgIpc) is 2.03. The summed E-state index contributed by atoms with van der Waals surface area (Å²) in [5.41, 5.74) is 0. The lowest BCUT2D eigenvalue weighted by atomic mass is 10.2. The van der Waals surface area contributed by atoms with E-state index in [1.807, 2.05) is 0 Å². The highest BCUT2D eigenvalue weighted by Gasteiger charge is 1.81. The number of rotatable bonds is 6. The van der Waals surface area contributed by atoms with Crippen molar-refractivity contribution >= 4 is 0 Å². The van der Waals surface area contributed by atoms with E-state index < -0.39 is 0 Å². The molecular weight excluding hydrogens is 132 g/mol. The second-order valence-corrected chi connectivity index (χ2v) is 2.73. The van der Waals surface area contributed by atoms with E-state index in [9.17, 15) is 0 Å². The number of unbranched alkanes of at least 4 members (excludes halogenated alkanes) is 3. The van der Waals surface area contributed by atoms with Gasteiger partial charge in [-0.05, 0) is 39.0 Å². The molecule has 0 radical (unpaired) electrons. The fourth-order valence-corrected chi connectivity index (χ4v) is 0.976. The van der Waals surface area contributed by atoms with Gasteiger partial charge in [-0.2, -0.15) is 0 Å². The highest BCUT2D eigenvalue weighted by molar-refractivity contribution is 4.81. The predicted octanol–water partition coefficient (Wildman–Crippen LogP) is 4.09. The van der Waals surface area contributed by atoms with Gasteiger partial charge in [0.15, 0.2) is 0 Å². The molecule has 0 aromatic rings. The van der Waals surface area contributed by atoms with Crippen LogP contribution in [0, 0.1) is 0 Å². The van der Waals surface area contributed by atoms with Gasteiger partial charge >= 0.3 is 0 Å². The van der Waals surface area contributed by atoms with Crippen LogP contribution in [0.1, 0.15) is 46.0 Å². The van der Waals surface area contributed by atoms with Gasteiger partial charge in [0.25, 0.3) is 0 Å². The fourth-order valence-electron chi connectivity index (χ4n) is 0.976. The van der Waals surface area contributed by atoms with Gasteiger partial charge in [0, 0.05) is 0 Å². The minimum Gasteiger partial charge on any atom is -0.0917 e. The standard InChI is InChI=1S/C11H20/c1-3-5-7-9-11-10-8-6-4-2/h3,5-6,8H,4,7,9-11H2,1-2H3/b5-3-,8-6-. The predicted molar refractivity (Wildman–Crippen MR) is 52.7 cm³/mol. The van der Waals surface area contributed by atoms with Gasteiger partial charge in [-0.3, -0.25) is 0 Å². The van der Waals surface area contributed by atoms with Crippen molar-refractivity contribution in [1.82, 2.24) is 0 Å². The van der Waals surface area contributed by atoms with E-state index in [1.54, 1.807) is 0 Å². The summed E-state index contributed by atoms with van der Waals surface area (Å²) in [4.78, 5) is 0. The molecule has 0 rings (SSSR count). The molecule has 0 bridgehead atoms. The Balaban J connectivity index is 2.96. The van der Waals surface area contributed by atoms with Gasteiger partial charge in [0.05, 0.1) is 0 Å². The molecule has 64 valence electrons. The van der Waals surface area contributed by atoms with E-state index in [-0.39, 0.29) is 0 Å². The smallest absolute Gasteiger partial charge is 0.0351 e. The third-order valence-corrected chi connectivity index (χ3v) is 1.63. The first-order chi connectivity index (χ1) is 5.41. The van der Waals surface area contributed by atoms with E-state index in [1.165, 1.54) is 32.1 Å². The molecule has 0 aromatic carbocycles. The van der Waals surface area contributed by atoms with Crippen molar-refractivity contribution in [3.05, 3.63) is 24.3 Å². The summed E-state index contributed by atoms with van der Waals surface area (Å²) >= 11 is 0. The lowest BCUT2D eigenvalue weighted by Gasteiger charge is -1.91. The Bertz CT molecular complexity index is 109. The highest BCUT2D eigenvalue weighted by atomic mass is 13.9. The highest BCUT2D eigenvalue weighted by Crippen LogP contribution is 2.01. The van der Waals surface area contributed by atoms with Crippen molar-refractivity contribution in [3.63, 3.8) is 0 Å². The molecule has 0 atom stereocenters. The molecule has 0 spiro atoms. The summed E-state index contributed by atoms with van der Waals surface area (Å²) in [6, 6.07) is 0. The molecular formula is C11H20. The Morgan fingerprint density at radius 1 is 0.909 bits per heavy atom. The van der Waals surface area contributed by atoms with Gasteiger partial charge < -0.3 is 0 Å². The molecule has 0 aromatic heterocycles. The largest absolute Gasteiger partial charge is 0.0917 e. The first-order valence-electron chi connectivity index (χ1n) is 4.68. The second kappa shape index (κ2) is 9.48. The monoisotopic (exact) mass is 152 g/mol. The van der Waals surface area contributed by atoms with Crippen LogP contribution >= 0.6 is 0 Å². The topological polar surface area (TPSA) is 0 Å². The Hall–Kier alpha value is -0.520. The zero-order valence-electron chi connectivity index (χ0n) is 7.84. The van der Waals surface area contributed by atoms with Gasteiger partial charge in [-0.25, -0.2) is 0 Å². The van der Waals surface area contributed by atoms with Crippen LogP contribution in [0.4, 0.5) is 0 Å². The quantitative estimate of drug-likeness (QED) is 0.397. The fraction of sp³-hybridized carbons (Fsp3) is 0.636. The molecule has 0 saturated heterocycles. The molecule has 0 saturated carbocycles. The maximum Gasteiger partial charge on any atom is -0.0351 e. The van der Waals surface area contributed by atoms with Crippen molar-refractivity contribution in [2.75, 3.05) is 0 Å². The molecule has 11 heavy (non-hydrogen) atoms. The summed E-state index contributed by atoms with van der Waals surface area (Å²) in [5, 5.41) is 0. The molecule has 0 heteroatoms. The van der Waals surface area contributed by atoms with Crippen LogP contribution in [0.5, 0.6) is 0 Å². The molecule has 0 aliphatic rings. The molecule has 0 heterocycles. The molecule has 0 unspecified atom stereocenters. The van der Waals surface area contributed by atoms with Crippen LogP contribution in [0.25, 0.3) is 0 Å². The Labute approximate surface area is 71.0 Å². The SMILES string of the molecule is C/C=C\CCCC/C=C\CC. The molecule has 0 nitrogen and oxygen atoms in total. The average molecular weight is 152 g/mol. The molecule has 0 fully saturated rings. The van der Waals surface area contributed by atoms with Gasteiger partial charge in [0.2, 0.25) is 0 Å². The summed E-state index contributed by atoms with van der Waals surface area (Å²) in [7, 11) is 0. The maximum absolute atomic E-state index is 2.29. The minimum absolute atomic E-state index is 1.18. The van der Waals surface area contributed by atoms with Gasteiger partial charge in [0.1, 0.15) is 0 Å². The number of allylic oxidation sites excluding steroid dienone is 4. The van der Waals surface area contributed by atoms with E-state index in [2.05, 4.69) is 38.2 Å². The van der Waals surface area contributed by atoms with Crippen LogP contribution < -0.4 is 0 Å². The van der Waals surface area contributed by atoms with Crippen molar-refractivity contribution in [3.8, 4) is 0 Å². The third kappa shape index (κ3) is 9.48. The van der Waals surface area contributed by atoms with Crippen LogP contribution in [0.2, 0.25) is 0 Å². The molecule has 0 aliphatic carbocycles. The molecule has 0 aliphatic heterocycles. The third-order valence-electron chi connectivity index (χ3n) is 1.63.